The van der Waals surface area contributed by atoms with Crippen molar-refractivity contribution in [3.05, 3.63) is 76.3 Å². The van der Waals surface area contributed by atoms with Gasteiger partial charge in [0.1, 0.15) is 0 Å². The molecule has 4 aromatic rings. The molecular weight excluding hydrogens is 549 g/mol. The molecule has 0 spiro atoms. The van der Waals surface area contributed by atoms with Crippen LogP contribution >= 0.6 is 35.0 Å². The summed E-state index contributed by atoms with van der Waals surface area (Å²) in [6, 6.07) is 18.2. The normalized spacial score (nSPS) is 11.0. The van der Waals surface area contributed by atoms with Gasteiger partial charge in [-0.2, -0.15) is 5.10 Å². The maximum Gasteiger partial charge on any atom is 0.250 e. The first kappa shape index (κ1) is 27.3. The highest BCUT2D eigenvalue weighted by atomic mass is 35.5. The van der Waals surface area contributed by atoms with Crippen LogP contribution in [0, 0.1) is 0 Å². The second kappa shape index (κ2) is 12.7. The molecule has 1 heterocycles. The van der Waals surface area contributed by atoms with E-state index in [1.165, 1.54) is 18.0 Å². The van der Waals surface area contributed by atoms with Crippen LogP contribution < -0.4 is 19.6 Å². The standard InChI is InChI=1S/C26H23Cl2N5O4S/c1-35-21-12-17(13-22(36-2)24(21)37-3)25-31-32-26(33(25)18-7-5-4-6-8-18)38-15-23(34)30-29-14-16-9-10-19(27)20(28)11-16/h4-14H,15H2,1-3H3,(H,30,34)/b29-14+. The fourth-order valence-electron chi connectivity index (χ4n) is 3.50. The van der Waals surface area contributed by atoms with E-state index in [0.29, 0.717) is 49.4 Å². The molecule has 196 valence electrons. The molecule has 0 aliphatic carbocycles. The highest BCUT2D eigenvalue weighted by Crippen LogP contribution is 2.41. The summed E-state index contributed by atoms with van der Waals surface area (Å²) in [7, 11) is 4.64. The zero-order chi connectivity index (χ0) is 27.1. The predicted molar refractivity (Wildman–Crippen MR) is 149 cm³/mol. The number of para-hydroxylation sites is 1. The van der Waals surface area contributed by atoms with E-state index in [9.17, 15) is 4.79 Å². The molecule has 38 heavy (non-hydrogen) atoms. The van der Waals surface area contributed by atoms with Crippen LogP contribution in [0.2, 0.25) is 10.0 Å². The van der Waals surface area contributed by atoms with Gasteiger partial charge in [-0.1, -0.05) is 59.2 Å². The largest absolute Gasteiger partial charge is 0.493 e. The average Bonchev–Trinajstić information content (AvgIpc) is 3.37. The van der Waals surface area contributed by atoms with E-state index in [4.69, 9.17) is 37.4 Å². The van der Waals surface area contributed by atoms with E-state index in [2.05, 4.69) is 20.7 Å². The number of halogens is 2. The summed E-state index contributed by atoms with van der Waals surface area (Å²) in [6.07, 6.45) is 1.49. The Labute approximate surface area is 233 Å². The molecule has 0 saturated heterocycles. The van der Waals surface area contributed by atoms with Crippen LogP contribution in [0.15, 0.2) is 70.9 Å². The summed E-state index contributed by atoms with van der Waals surface area (Å²) in [5.41, 5.74) is 4.72. The van der Waals surface area contributed by atoms with Crippen molar-refractivity contribution < 1.29 is 19.0 Å². The highest BCUT2D eigenvalue weighted by Gasteiger charge is 2.21. The van der Waals surface area contributed by atoms with Crippen molar-refractivity contribution in [3.63, 3.8) is 0 Å². The quantitative estimate of drug-likeness (QED) is 0.152. The first-order chi connectivity index (χ1) is 18.4. The van der Waals surface area contributed by atoms with Gasteiger partial charge in [-0.15, -0.1) is 10.2 Å². The van der Waals surface area contributed by atoms with E-state index in [0.717, 1.165) is 5.69 Å². The number of carbonyl (C=O) groups is 1. The van der Waals surface area contributed by atoms with Crippen molar-refractivity contribution in [2.75, 3.05) is 27.1 Å². The first-order valence-corrected chi connectivity index (χ1v) is 12.9. The SMILES string of the molecule is COc1cc(-c2nnc(SCC(=O)N/N=C/c3ccc(Cl)c(Cl)c3)n2-c2ccccc2)cc(OC)c1OC. The van der Waals surface area contributed by atoms with Crippen LogP contribution in [-0.2, 0) is 4.79 Å². The molecule has 1 amide bonds. The van der Waals surface area contributed by atoms with Crippen molar-refractivity contribution in [3.8, 4) is 34.3 Å². The number of rotatable bonds is 10. The Kier molecular flexibility index (Phi) is 9.11. The van der Waals surface area contributed by atoms with E-state index >= 15 is 0 Å². The summed E-state index contributed by atoms with van der Waals surface area (Å²) < 4.78 is 18.3. The van der Waals surface area contributed by atoms with Crippen molar-refractivity contribution >= 4 is 47.1 Å². The van der Waals surface area contributed by atoms with Crippen molar-refractivity contribution in [2.45, 2.75) is 5.16 Å². The van der Waals surface area contributed by atoms with Gasteiger partial charge in [-0.3, -0.25) is 9.36 Å². The van der Waals surface area contributed by atoms with Crippen LogP contribution in [0.4, 0.5) is 0 Å². The monoisotopic (exact) mass is 571 g/mol. The van der Waals surface area contributed by atoms with Gasteiger partial charge < -0.3 is 14.2 Å². The van der Waals surface area contributed by atoms with E-state index in [1.807, 2.05) is 34.9 Å². The summed E-state index contributed by atoms with van der Waals surface area (Å²) in [6.45, 7) is 0. The summed E-state index contributed by atoms with van der Waals surface area (Å²) >= 11 is 13.2. The van der Waals surface area contributed by atoms with Crippen LogP contribution in [0.25, 0.3) is 17.1 Å². The zero-order valence-corrected chi connectivity index (χ0v) is 23.0. The number of aromatic nitrogens is 3. The van der Waals surface area contributed by atoms with Gasteiger partial charge in [-0.05, 0) is 42.0 Å². The minimum Gasteiger partial charge on any atom is -0.493 e. The summed E-state index contributed by atoms with van der Waals surface area (Å²) in [5, 5.41) is 14.1. The first-order valence-electron chi connectivity index (χ1n) is 11.2. The third-order valence-electron chi connectivity index (χ3n) is 5.25. The molecule has 9 nitrogen and oxygen atoms in total. The Hall–Kier alpha value is -3.73. The van der Waals surface area contributed by atoms with Crippen LogP contribution in [-0.4, -0.2) is 54.0 Å². The summed E-state index contributed by atoms with van der Waals surface area (Å²) in [4.78, 5) is 12.5. The lowest BCUT2D eigenvalue weighted by Gasteiger charge is -2.15. The van der Waals surface area contributed by atoms with E-state index in [1.54, 1.807) is 51.7 Å². The van der Waals surface area contributed by atoms with Gasteiger partial charge in [0.15, 0.2) is 22.5 Å². The molecule has 0 aliphatic heterocycles. The Morgan fingerprint density at radius 1 is 0.974 bits per heavy atom. The van der Waals surface area contributed by atoms with Gasteiger partial charge in [0.05, 0.1) is 43.3 Å². The summed E-state index contributed by atoms with van der Waals surface area (Å²) in [5.74, 6) is 1.71. The van der Waals surface area contributed by atoms with Crippen molar-refractivity contribution in [1.29, 1.82) is 0 Å². The minimum atomic E-state index is -0.316. The molecule has 0 bridgehead atoms. The lowest BCUT2D eigenvalue weighted by atomic mass is 10.1. The number of hydrogen-bond acceptors (Lipinski definition) is 8. The maximum absolute atomic E-state index is 12.5. The topological polar surface area (TPSA) is 99.9 Å². The Balaban J connectivity index is 1.58. The number of hydrazone groups is 1. The third kappa shape index (κ3) is 6.21. The predicted octanol–water partition coefficient (Wildman–Crippen LogP) is 5.51. The van der Waals surface area contributed by atoms with Crippen LogP contribution in [0.1, 0.15) is 5.56 Å². The molecular formula is C26H23Cl2N5O4S. The van der Waals surface area contributed by atoms with Crippen molar-refractivity contribution in [2.24, 2.45) is 5.10 Å². The number of ether oxygens (including phenoxy) is 3. The minimum absolute atomic E-state index is 0.0545. The third-order valence-corrected chi connectivity index (χ3v) is 6.92. The average molecular weight is 572 g/mol. The number of thioether (sulfide) groups is 1. The fourth-order valence-corrected chi connectivity index (χ4v) is 4.56. The molecule has 0 fully saturated rings. The van der Waals surface area contributed by atoms with Gasteiger partial charge >= 0.3 is 0 Å². The molecule has 0 radical (unpaired) electrons. The van der Waals surface area contributed by atoms with E-state index in [-0.39, 0.29) is 11.7 Å². The second-order valence-corrected chi connectivity index (χ2v) is 9.40. The number of methoxy groups -OCH3 is 3. The van der Waals surface area contributed by atoms with Gasteiger partial charge in [0.2, 0.25) is 5.75 Å². The Morgan fingerprint density at radius 3 is 2.32 bits per heavy atom. The molecule has 0 atom stereocenters. The number of nitrogens with one attached hydrogen (secondary N) is 1. The molecule has 12 heteroatoms. The highest BCUT2D eigenvalue weighted by molar-refractivity contribution is 7.99. The number of hydrogen-bond donors (Lipinski definition) is 1. The van der Waals surface area contributed by atoms with Crippen LogP contribution in [0.5, 0.6) is 17.2 Å². The van der Waals surface area contributed by atoms with Crippen molar-refractivity contribution in [1.82, 2.24) is 20.2 Å². The van der Waals surface area contributed by atoms with Gasteiger partial charge in [-0.25, -0.2) is 5.43 Å². The molecule has 0 aliphatic rings. The molecule has 1 N–H and O–H groups in total. The Morgan fingerprint density at radius 2 is 1.68 bits per heavy atom. The van der Waals surface area contributed by atoms with E-state index < -0.39 is 0 Å². The smallest absolute Gasteiger partial charge is 0.250 e. The molecule has 3 aromatic carbocycles. The number of nitrogens with zero attached hydrogens (tertiary/aromatic N) is 4. The molecule has 1 aromatic heterocycles. The number of carbonyl (C=O) groups excluding carboxylic acids is 1. The van der Waals surface area contributed by atoms with Gasteiger partial charge in [0.25, 0.3) is 5.91 Å². The second-order valence-electron chi connectivity index (χ2n) is 7.65. The van der Waals surface area contributed by atoms with Gasteiger partial charge in [0, 0.05) is 11.3 Å². The lowest BCUT2D eigenvalue weighted by Crippen LogP contribution is -2.20. The molecule has 4 rings (SSSR count). The fraction of sp³-hybridized carbons (Fsp3) is 0.154. The number of benzene rings is 3. The zero-order valence-electron chi connectivity index (χ0n) is 20.6. The Bertz CT molecular complexity index is 1440. The number of amides is 1. The molecule has 0 unspecified atom stereocenters. The maximum atomic E-state index is 12.5. The lowest BCUT2D eigenvalue weighted by molar-refractivity contribution is -0.118. The van der Waals surface area contributed by atoms with Crippen LogP contribution in [0.3, 0.4) is 0 Å². The molecule has 0 saturated carbocycles.